The summed E-state index contributed by atoms with van der Waals surface area (Å²) in [5, 5.41) is 0. The van der Waals surface area contributed by atoms with Crippen LogP contribution >= 0.6 is 0 Å². The predicted octanol–water partition coefficient (Wildman–Crippen LogP) is 2.57. The van der Waals surface area contributed by atoms with Crippen molar-refractivity contribution >= 4 is 17.7 Å². The number of Topliss-reactive ketones (excluding diaryl/α,β-unsaturated/α-hetero) is 1. The van der Waals surface area contributed by atoms with Crippen LogP contribution in [0.1, 0.15) is 46.0 Å². The second kappa shape index (κ2) is 10.0. The second-order valence-corrected chi connectivity index (χ2v) is 7.04. The van der Waals surface area contributed by atoms with Gasteiger partial charge in [0.05, 0.1) is 12.6 Å². The highest BCUT2D eigenvalue weighted by Crippen LogP contribution is 2.24. The van der Waals surface area contributed by atoms with Gasteiger partial charge in [0.2, 0.25) is 0 Å². The molecule has 1 amide bonds. The van der Waals surface area contributed by atoms with Crippen molar-refractivity contribution in [3.05, 3.63) is 65.2 Å². The summed E-state index contributed by atoms with van der Waals surface area (Å²) in [4.78, 5) is 39.0. The van der Waals surface area contributed by atoms with Crippen LogP contribution in [0.25, 0.3) is 0 Å². The third-order valence-electron chi connectivity index (χ3n) is 5.05. The third-order valence-corrected chi connectivity index (χ3v) is 5.05. The molecule has 2 aromatic carbocycles. The van der Waals surface area contributed by atoms with Crippen LogP contribution in [0, 0.1) is 0 Å². The van der Waals surface area contributed by atoms with Crippen LogP contribution in [0.15, 0.2) is 48.5 Å². The third kappa shape index (κ3) is 5.04. The Kier molecular flexibility index (Phi) is 7.19. The van der Waals surface area contributed by atoms with E-state index >= 15 is 0 Å². The molecule has 0 aromatic heterocycles. The van der Waals surface area contributed by atoms with Crippen LogP contribution in [-0.4, -0.2) is 48.4 Å². The van der Waals surface area contributed by atoms with Gasteiger partial charge in [0, 0.05) is 24.2 Å². The zero-order valence-electron chi connectivity index (χ0n) is 17.0. The van der Waals surface area contributed by atoms with E-state index in [2.05, 4.69) is 0 Å². The molecule has 2 N–H and O–H groups in total. The molecule has 0 spiro atoms. The lowest BCUT2D eigenvalue weighted by Gasteiger charge is -2.24. The van der Waals surface area contributed by atoms with E-state index in [0.29, 0.717) is 43.0 Å². The molecule has 0 radical (unpaired) electrons. The number of ether oxygens (including phenoxy) is 2. The molecule has 1 aliphatic rings. The van der Waals surface area contributed by atoms with Crippen molar-refractivity contribution in [2.75, 3.05) is 19.8 Å². The molecular weight excluding hydrogens is 384 g/mol. The number of esters is 1. The van der Waals surface area contributed by atoms with E-state index in [-0.39, 0.29) is 18.3 Å². The SMILES string of the molecule is CCOC(=O)COc1ccc(C(=O)[C@H]2CCCN2C(=O)c2ccc(CN)cc2)cc1. The predicted molar refractivity (Wildman–Crippen MR) is 111 cm³/mol. The minimum Gasteiger partial charge on any atom is -0.482 e. The molecular formula is C23H26N2O5. The van der Waals surface area contributed by atoms with E-state index < -0.39 is 12.0 Å². The van der Waals surface area contributed by atoms with Gasteiger partial charge in [-0.3, -0.25) is 9.59 Å². The number of benzene rings is 2. The number of amides is 1. The molecule has 0 unspecified atom stereocenters. The number of nitrogens with zero attached hydrogens (tertiary/aromatic N) is 1. The molecule has 3 rings (SSSR count). The summed E-state index contributed by atoms with van der Waals surface area (Å²) in [6.45, 7) is 2.80. The number of hydrogen-bond donors (Lipinski definition) is 1. The molecule has 1 heterocycles. The van der Waals surface area contributed by atoms with E-state index in [0.717, 1.165) is 12.0 Å². The van der Waals surface area contributed by atoms with Crippen LogP contribution in [0.3, 0.4) is 0 Å². The van der Waals surface area contributed by atoms with Crippen molar-refractivity contribution < 1.29 is 23.9 Å². The fraction of sp³-hybridized carbons (Fsp3) is 0.348. The number of carbonyl (C=O) groups excluding carboxylic acids is 3. The normalized spacial score (nSPS) is 15.7. The van der Waals surface area contributed by atoms with Crippen molar-refractivity contribution in [1.29, 1.82) is 0 Å². The first kappa shape index (κ1) is 21.5. The molecule has 1 atom stereocenters. The summed E-state index contributed by atoms with van der Waals surface area (Å²) in [6, 6.07) is 13.3. The lowest BCUT2D eigenvalue weighted by Crippen LogP contribution is -2.40. The molecule has 0 saturated carbocycles. The zero-order chi connectivity index (χ0) is 21.5. The van der Waals surface area contributed by atoms with Crippen molar-refractivity contribution in [2.45, 2.75) is 32.4 Å². The van der Waals surface area contributed by atoms with E-state index in [4.69, 9.17) is 15.2 Å². The van der Waals surface area contributed by atoms with Gasteiger partial charge in [0.25, 0.3) is 5.91 Å². The Balaban J connectivity index is 1.66. The Hall–Kier alpha value is -3.19. The molecule has 0 aliphatic carbocycles. The molecule has 158 valence electrons. The van der Waals surface area contributed by atoms with Gasteiger partial charge in [-0.25, -0.2) is 4.79 Å². The number of rotatable bonds is 8. The highest BCUT2D eigenvalue weighted by molar-refractivity contribution is 6.04. The lowest BCUT2D eigenvalue weighted by atomic mass is 10.0. The second-order valence-electron chi connectivity index (χ2n) is 7.04. The quantitative estimate of drug-likeness (QED) is 0.530. The van der Waals surface area contributed by atoms with Gasteiger partial charge in [0.1, 0.15) is 5.75 Å². The van der Waals surface area contributed by atoms with Gasteiger partial charge in [0.15, 0.2) is 12.4 Å². The van der Waals surface area contributed by atoms with Crippen molar-refractivity contribution in [2.24, 2.45) is 5.73 Å². The maximum Gasteiger partial charge on any atom is 0.344 e. The van der Waals surface area contributed by atoms with Crippen LogP contribution in [0.5, 0.6) is 5.75 Å². The highest BCUT2D eigenvalue weighted by Gasteiger charge is 2.34. The van der Waals surface area contributed by atoms with E-state index in [1.165, 1.54) is 0 Å². The Morgan fingerprint density at radius 1 is 1.03 bits per heavy atom. The maximum absolute atomic E-state index is 13.0. The van der Waals surface area contributed by atoms with Gasteiger partial charge in [-0.15, -0.1) is 0 Å². The van der Waals surface area contributed by atoms with E-state index in [1.54, 1.807) is 48.2 Å². The van der Waals surface area contributed by atoms with Crippen molar-refractivity contribution in [3.63, 3.8) is 0 Å². The maximum atomic E-state index is 13.0. The number of likely N-dealkylation sites (tertiary alicyclic amines) is 1. The fourth-order valence-electron chi connectivity index (χ4n) is 3.48. The topological polar surface area (TPSA) is 98.9 Å². The zero-order valence-corrected chi connectivity index (χ0v) is 17.0. The average molecular weight is 410 g/mol. The molecule has 30 heavy (non-hydrogen) atoms. The Morgan fingerprint density at radius 2 is 1.70 bits per heavy atom. The molecule has 1 aliphatic heterocycles. The average Bonchev–Trinajstić information content (AvgIpc) is 3.27. The fourth-order valence-corrected chi connectivity index (χ4v) is 3.48. The van der Waals surface area contributed by atoms with Gasteiger partial charge in [-0.1, -0.05) is 12.1 Å². The van der Waals surface area contributed by atoms with E-state index in [1.807, 2.05) is 12.1 Å². The number of carbonyl (C=O) groups is 3. The minimum absolute atomic E-state index is 0.101. The Labute approximate surface area is 175 Å². The summed E-state index contributed by atoms with van der Waals surface area (Å²) in [6.07, 6.45) is 1.41. The number of hydrogen-bond acceptors (Lipinski definition) is 6. The molecule has 7 nitrogen and oxygen atoms in total. The monoisotopic (exact) mass is 410 g/mol. The Morgan fingerprint density at radius 3 is 2.33 bits per heavy atom. The minimum atomic E-state index is -0.488. The van der Waals surface area contributed by atoms with Crippen LogP contribution in [-0.2, 0) is 16.1 Å². The molecule has 1 fully saturated rings. The standard InChI is InChI=1S/C23H26N2O5/c1-2-29-21(26)15-30-19-11-9-17(10-12-19)22(27)20-4-3-13-25(20)23(28)18-7-5-16(14-24)6-8-18/h5-12,20H,2-4,13-15,24H2,1H3/t20-/m1/s1. The van der Waals surface area contributed by atoms with Crippen molar-refractivity contribution in [3.8, 4) is 5.75 Å². The summed E-state index contributed by atoms with van der Waals surface area (Å²) >= 11 is 0. The summed E-state index contributed by atoms with van der Waals surface area (Å²) < 4.78 is 10.2. The summed E-state index contributed by atoms with van der Waals surface area (Å²) in [5.41, 5.74) is 7.61. The Bertz CT molecular complexity index is 893. The van der Waals surface area contributed by atoms with Gasteiger partial charge in [-0.05, 0) is 61.7 Å². The summed E-state index contributed by atoms with van der Waals surface area (Å²) in [5.74, 6) is -0.226. The van der Waals surface area contributed by atoms with Crippen LogP contribution in [0.4, 0.5) is 0 Å². The molecule has 2 aromatic rings. The van der Waals surface area contributed by atoms with E-state index in [9.17, 15) is 14.4 Å². The molecule has 0 bridgehead atoms. The highest BCUT2D eigenvalue weighted by atomic mass is 16.6. The molecule has 7 heteroatoms. The van der Waals surface area contributed by atoms with Crippen LogP contribution < -0.4 is 10.5 Å². The van der Waals surface area contributed by atoms with Gasteiger partial charge in [-0.2, -0.15) is 0 Å². The van der Waals surface area contributed by atoms with Gasteiger partial charge >= 0.3 is 5.97 Å². The first-order valence-corrected chi connectivity index (χ1v) is 10.1. The van der Waals surface area contributed by atoms with Crippen LogP contribution in [0.2, 0.25) is 0 Å². The lowest BCUT2D eigenvalue weighted by molar-refractivity contribution is -0.145. The first-order valence-electron chi connectivity index (χ1n) is 10.1. The molecule has 1 saturated heterocycles. The number of ketones is 1. The van der Waals surface area contributed by atoms with Gasteiger partial charge < -0.3 is 20.1 Å². The van der Waals surface area contributed by atoms with Crippen molar-refractivity contribution in [1.82, 2.24) is 4.90 Å². The summed E-state index contributed by atoms with van der Waals surface area (Å²) in [7, 11) is 0. The number of nitrogens with two attached hydrogens (primary N) is 1. The largest absolute Gasteiger partial charge is 0.482 e. The smallest absolute Gasteiger partial charge is 0.344 e. The first-order chi connectivity index (χ1) is 14.5.